The van der Waals surface area contributed by atoms with Gasteiger partial charge in [0.15, 0.2) is 0 Å². The molecule has 0 saturated heterocycles. The SMILES string of the molecule is CCCNC(Cc1ccccn1)C1=CCCO1. The summed E-state index contributed by atoms with van der Waals surface area (Å²) in [4.78, 5) is 4.38. The normalized spacial score (nSPS) is 16.4. The second-order valence-electron chi connectivity index (χ2n) is 4.28. The second kappa shape index (κ2) is 6.40. The summed E-state index contributed by atoms with van der Waals surface area (Å²) in [5.74, 6) is 1.09. The van der Waals surface area contributed by atoms with Gasteiger partial charge in [-0.2, -0.15) is 0 Å². The van der Waals surface area contributed by atoms with Crippen molar-refractivity contribution in [2.75, 3.05) is 13.2 Å². The lowest BCUT2D eigenvalue weighted by atomic mass is 10.1. The number of pyridine rings is 1. The van der Waals surface area contributed by atoms with Crippen LogP contribution in [0.5, 0.6) is 0 Å². The topological polar surface area (TPSA) is 34.2 Å². The molecule has 1 N–H and O–H groups in total. The van der Waals surface area contributed by atoms with Gasteiger partial charge in [-0.15, -0.1) is 0 Å². The Bertz CT molecular complexity index is 362. The lowest BCUT2D eigenvalue weighted by molar-refractivity contribution is 0.214. The summed E-state index contributed by atoms with van der Waals surface area (Å²) >= 11 is 0. The number of nitrogens with one attached hydrogen (secondary N) is 1. The van der Waals surface area contributed by atoms with E-state index in [0.29, 0.717) is 0 Å². The maximum absolute atomic E-state index is 5.66. The van der Waals surface area contributed by atoms with Crippen LogP contribution in [-0.4, -0.2) is 24.2 Å². The van der Waals surface area contributed by atoms with Crippen LogP contribution in [0, 0.1) is 0 Å². The summed E-state index contributed by atoms with van der Waals surface area (Å²) in [6, 6.07) is 6.31. The van der Waals surface area contributed by atoms with Crippen LogP contribution in [0.2, 0.25) is 0 Å². The molecule has 1 aromatic rings. The highest BCUT2D eigenvalue weighted by molar-refractivity contribution is 5.13. The highest BCUT2D eigenvalue weighted by Crippen LogP contribution is 2.16. The predicted octanol–water partition coefficient (Wildman–Crippen LogP) is 2.30. The summed E-state index contributed by atoms with van der Waals surface area (Å²) in [5, 5.41) is 3.53. The summed E-state index contributed by atoms with van der Waals surface area (Å²) in [6.07, 6.45) is 7.09. The third-order valence-electron chi connectivity index (χ3n) is 2.86. The molecule has 1 aliphatic rings. The van der Waals surface area contributed by atoms with Gasteiger partial charge in [-0.25, -0.2) is 0 Å². The van der Waals surface area contributed by atoms with Crippen LogP contribution in [0.3, 0.4) is 0 Å². The number of hydrogen-bond donors (Lipinski definition) is 1. The predicted molar refractivity (Wildman–Crippen MR) is 68.7 cm³/mol. The van der Waals surface area contributed by atoms with E-state index in [9.17, 15) is 0 Å². The maximum atomic E-state index is 5.66. The molecule has 3 nitrogen and oxygen atoms in total. The van der Waals surface area contributed by atoms with E-state index in [1.807, 2.05) is 18.3 Å². The van der Waals surface area contributed by atoms with E-state index < -0.39 is 0 Å². The molecular weight excluding hydrogens is 212 g/mol. The van der Waals surface area contributed by atoms with Gasteiger partial charge in [-0.3, -0.25) is 4.98 Å². The average Bonchev–Trinajstić information content (AvgIpc) is 2.89. The van der Waals surface area contributed by atoms with Crippen molar-refractivity contribution in [2.24, 2.45) is 0 Å². The minimum atomic E-state index is 0.271. The summed E-state index contributed by atoms with van der Waals surface area (Å²) < 4.78 is 5.66. The molecule has 0 fully saturated rings. The van der Waals surface area contributed by atoms with Gasteiger partial charge in [0, 0.05) is 24.7 Å². The van der Waals surface area contributed by atoms with E-state index in [4.69, 9.17) is 4.74 Å². The number of nitrogens with zero attached hydrogens (tertiary/aromatic N) is 1. The van der Waals surface area contributed by atoms with Crippen LogP contribution in [0.25, 0.3) is 0 Å². The molecule has 1 aliphatic heterocycles. The van der Waals surface area contributed by atoms with E-state index in [2.05, 4.69) is 29.4 Å². The third-order valence-corrected chi connectivity index (χ3v) is 2.86. The number of hydrogen-bond acceptors (Lipinski definition) is 3. The van der Waals surface area contributed by atoms with E-state index in [-0.39, 0.29) is 6.04 Å². The minimum Gasteiger partial charge on any atom is -0.496 e. The maximum Gasteiger partial charge on any atom is 0.109 e. The zero-order valence-corrected chi connectivity index (χ0v) is 10.4. The summed E-state index contributed by atoms with van der Waals surface area (Å²) in [5.41, 5.74) is 1.11. The molecule has 0 radical (unpaired) electrons. The fourth-order valence-corrected chi connectivity index (χ4v) is 2.00. The van der Waals surface area contributed by atoms with Crippen molar-refractivity contribution in [2.45, 2.75) is 32.2 Å². The first kappa shape index (κ1) is 12.1. The molecule has 92 valence electrons. The van der Waals surface area contributed by atoms with Gasteiger partial charge < -0.3 is 10.1 Å². The zero-order chi connectivity index (χ0) is 11.9. The Hall–Kier alpha value is -1.35. The Balaban J connectivity index is 2.00. The van der Waals surface area contributed by atoms with Crippen LogP contribution in [-0.2, 0) is 11.2 Å². The molecule has 0 bridgehead atoms. The minimum absolute atomic E-state index is 0.271. The first-order valence-corrected chi connectivity index (χ1v) is 6.36. The van der Waals surface area contributed by atoms with Crippen molar-refractivity contribution in [3.8, 4) is 0 Å². The molecule has 0 spiro atoms. The standard InChI is InChI=1S/C14H20N2O/c1-2-8-16-13(14-7-5-10-17-14)11-12-6-3-4-9-15-12/h3-4,6-7,9,13,16H,2,5,8,10-11H2,1H3. The molecule has 0 aliphatic carbocycles. The second-order valence-corrected chi connectivity index (χ2v) is 4.28. The number of aromatic nitrogens is 1. The molecule has 2 rings (SSSR count). The van der Waals surface area contributed by atoms with Crippen LogP contribution < -0.4 is 5.32 Å². The Labute approximate surface area is 103 Å². The molecule has 3 heteroatoms. The molecule has 0 saturated carbocycles. The number of ether oxygens (including phenoxy) is 1. The van der Waals surface area contributed by atoms with E-state index >= 15 is 0 Å². The van der Waals surface area contributed by atoms with Crippen molar-refractivity contribution >= 4 is 0 Å². The molecule has 1 aromatic heterocycles. The van der Waals surface area contributed by atoms with Crippen molar-refractivity contribution in [1.82, 2.24) is 10.3 Å². The van der Waals surface area contributed by atoms with Gasteiger partial charge in [-0.1, -0.05) is 13.0 Å². The van der Waals surface area contributed by atoms with Crippen molar-refractivity contribution < 1.29 is 4.74 Å². The van der Waals surface area contributed by atoms with Gasteiger partial charge >= 0.3 is 0 Å². The highest BCUT2D eigenvalue weighted by atomic mass is 16.5. The smallest absolute Gasteiger partial charge is 0.109 e. The van der Waals surface area contributed by atoms with Crippen LogP contribution in [0.4, 0.5) is 0 Å². The Kier molecular flexibility index (Phi) is 4.56. The Morgan fingerprint density at radius 2 is 2.41 bits per heavy atom. The van der Waals surface area contributed by atoms with Crippen LogP contribution in [0.15, 0.2) is 36.2 Å². The van der Waals surface area contributed by atoms with E-state index in [1.165, 1.54) is 0 Å². The molecule has 0 aromatic carbocycles. The van der Waals surface area contributed by atoms with Crippen LogP contribution >= 0.6 is 0 Å². The fourth-order valence-electron chi connectivity index (χ4n) is 2.00. The molecule has 1 unspecified atom stereocenters. The third kappa shape index (κ3) is 3.56. The summed E-state index contributed by atoms with van der Waals surface area (Å²) in [7, 11) is 0. The van der Waals surface area contributed by atoms with E-state index in [0.717, 1.165) is 43.9 Å². The highest BCUT2D eigenvalue weighted by Gasteiger charge is 2.18. The van der Waals surface area contributed by atoms with Gasteiger partial charge in [0.2, 0.25) is 0 Å². The monoisotopic (exact) mass is 232 g/mol. The van der Waals surface area contributed by atoms with Crippen LogP contribution in [0.1, 0.15) is 25.5 Å². The molecule has 2 heterocycles. The molecule has 17 heavy (non-hydrogen) atoms. The van der Waals surface area contributed by atoms with Crippen molar-refractivity contribution in [3.63, 3.8) is 0 Å². The van der Waals surface area contributed by atoms with Gasteiger partial charge in [-0.05, 0) is 31.2 Å². The molecule has 1 atom stereocenters. The zero-order valence-electron chi connectivity index (χ0n) is 10.4. The first-order valence-electron chi connectivity index (χ1n) is 6.36. The molecule has 0 amide bonds. The lowest BCUT2D eigenvalue weighted by Crippen LogP contribution is -2.34. The Morgan fingerprint density at radius 3 is 3.06 bits per heavy atom. The number of rotatable bonds is 6. The first-order chi connectivity index (χ1) is 8.40. The van der Waals surface area contributed by atoms with Gasteiger partial charge in [0.1, 0.15) is 5.76 Å². The van der Waals surface area contributed by atoms with Gasteiger partial charge in [0.25, 0.3) is 0 Å². The average molecular weight is 232 g/mol. The molecular formula is C14H20N2O. The fraction of sp³-hybridized carbons (Fsp3) is 0.500. The van der Waals surface area contributed by atoms with Gasteiger partial charge in [0.05, 0.1) is 12.6 Å². The van der Waals surface area contributed by atoms with Crippen molar-refractivity contribution in [1.29, 1.82) is 0 Å². The largest absolute Gasteiger partial charge is 0.496 e. The lowest BCUT2D eigenvalue weighted by Gasteiger charge is -2.19. The summed E-state index contributed by atoms with van der Waals surface area (Å²) in [6.45, 7) is 4.01. The van der Waals surface area contributed by atoms with E-state index in [1.54, 1.807) is 0 Å². The Morgan fingerprint density at radius 1 is 1.47 bits per heavy atom. The van der Waals surface area contributed by atoms with Crippen molar-refractivity contribution in [3.05, 3.63) is 41.9 Å². The quantitative estimate of drug-likeness (QED) is 0.817.